The summed E-state index contributed by atoms with van der Waals surface area (Å²) < 4.78 is 5.63. The predicted molar refractivity (Wildman–Crippen MR) is 42.1 cm³/mol. The summed E-state index contributed by atoms with van der Waals surface area (Å²) in [6.07, 6.45) is 3.28. The fraction of sp³-hybridized carbons (Fsp3) is 1.00. The highest BCUT2D eigenvalue weighted by Crippen LogP contribution is 2.18. The van der Waals surface area contributed by atoms with Crippen LogP contribution in [0.3, 0.4) is 0 Å². The third kappa shape index (κ3) is 1.70. The third-order valence-electron chi connectivity index (χ3n) is 2.27. The highest BCUT2D eigenvalue weighted by atomic mass is 16.5. The molecule has 1 heterocycles. The Morgan fingerprint density at radius 2 is 2.00 bits per heavy atom. The maximum atomic E-state index is 5.63. The molecule has 0 aromatic carbocycles. The molecule has 60 valence electrons. The van der Waals surface area contributed by atoms with Gasteiger partial charge in [-0.15, -0.1) is 0 Å². The molecule has 0 saturated carbocycles. The zero-order valence-electron chi connectivity index (χ0n) is 7.05. The summed E-state index contributed by atoms with van der Waals surface area (Å²) in [6.45, 7) is 4.28. The van der Waals surface area contributed by atoms with Crippen molar-refractivity contribution in [1.29, 1.82) is 0 Å². The lowest BCUT2D eigenvalue weighted by Gasteiger charge is -2.32. The summed E-state index contributed by atoms with van der Waals surface area (Å²) in [5.74, 6) is 0. The highest BCUT2D eigenvalue weighted by molar-refractivity contribution is 4.78. The van der Waals surface area contributed by atoms with Crippen LogP contribution >= 0.6 is 0 Å². The summed E-state index contributed by atoms with van der Waals surface area (Å²) in [6, 6.07) is 0.566. The lowest BCUT2D eigenvalue weighted by molar-refractivity contribution is -0.0478. The van der Waals surface area contributed by atoms with Crippen molar-refractivity contribution in [3.63, 3.8) is 0 Å². The van der Waals surface area contributed by atoms with Crippen LogP contribution < -0.4 is 5.32 Å². The van der Waals surface area contributed by atoms with Crippen molar-refractivity contribution in [3.05, 3.63) is 0 Å². The molecule has 0 radical (unpaired) electrons. The van der Waals surface area contributed by atoms with Crippen molar-refractivity contribution in [2.45, 2.75) is 44.9 Å². The third-order valence-corrected chi connectivity index (χ3v) is 2.27. The van der Waals surface area contributed by atoms with E-state index < -0.39 is 0 Å². The molecular formula is C8H17NO. The maximum absolute atomic E-state index is 5.63. The minimum absolute atomic E-state index is 0.383. The van der Waals surface area contributed by atoms with E-state index in [9.17, 15) is 0 Å². The molecule has 2 nitrogen and oxygen atoms in total. The maximum Gasteiger partial charge on any atom is 0.0703 e. The van der Waals surface area contributed by atoms with Crippen molar-refractivity contribution in [2.24, 2.45) is 0 Å². The Balaban J connectivity index is 2.36. The zero-order chi connectivity index (χ0) is 7.56. The molecule has 0 aromatic rings. The largest absolute Gasteiger partial charge is 0.374 e. The predicted octanol–water partition coefficient (Wildman–Crippen LogP) is 1.16. The van der Waals surface area contributed by atoms with Gasteiger partial charge in [-0.1, -0.05) is 0 Å². The first-order chi connectivity index (χ1) is 4.74. The van der Waals surface area contributed by atoms with Crippen molar-refractivity contribution >= 4 is 0 Å². The lowest BCUT2D eigenvalue weighted by Crippen LogP contribution is -2.43. The van der Waals surface area contributed by atoms with E-state index >= 15 is 0 Å². The van der Waals surface area contributed by atoms with Gasteiger partial charge in [0.2, 0.25) is 0 Å². The Morgan fingerprint density at radius 1 is 1.30 bits per heavy atom. The second-order valence-electron chi connectivity index (χ2n) is 3.12. The van der Waals surface area contributed by atoms with Crippen molar-refractivity contribution in [1.82, 2.24) is 5.32 Å². The van der Waals surface area contributed by atoms with Gasteiger partial charge in [-0.2, -0.15) is 0 Å². The summed E-state index contributed by atoms with van der Waals surface area (Å²) in [5.41, 5.74) is 0. The Hall–Kier alpha value is -0.0800. The Bertz CT molecular complexity index is 105. The van der Waals surface area contributed by atoms with Crippen LogP contribution in [-0.2, 0) is 4.74 Å². The van der Waals surface area contributed by atoms with Crippen molar-refractivity contribution in [2.75, 3.05) is 7.05 Å². The minimum Gasteiger partial charge on any atom is -0.374 e. The zero-order valence-corrected chi connectivity index (χ0v) is 7.05. The Morgan fingerprint density at radius 3 is 2.50 bits per heavy atom. The summed E-state index contributed by atoms with van der Waals surface area (Å²) in [7, 11) is 2.00. The average Bonchev–Trinajstić information content (AvgIpc) is 1.88. The fourth-order valence-electron chi connectivity index (χ4n) is 1.56. The average molecular weight is 143 g/mol. The highest BCUT2D eigenvalue weighted by Gasteiger charge is 2.23. The molecule has 0 aliphatic carbocycles. The Kier molecular flexibility index (Phi) is 2.69. The first-order valence-electron chi connectivity index (χ1n) is 4.06. The van der Waals surface area contributed by atoms with E-state index in [1.807, 2.05) is 7.05 Å². The molecule has 3 atom stereocenters. The topological polar surface area (TPSA) is 21.3 Å². The number of likely N-dealkylation sites (N-methyl/N-ethyl adjacent to an activating group) is 1. The molecule has 0 bridgehead atoms. The van der Waals surface area contributed by atoms with Crippen LogP contribution in [0.25, 0.3) is 0 Å². The van der Waals surface area contributed by atoms with Crippen LogP contribution in [0.5, 0.6) is 0 Å². The SMILES string of the molecule is CN[C@H]1CCC(C)O[C@@H]1C. The van der Waals surface area contributed by atoms with Crippen LogP contribution in [0.15, 0.2) is 0 Å². The molecule has 1 fully saturated rings. The molecule has 1 saturated heterocycles. The van der Waals surface area contributed by atoms with E-state index in [-0.39, 0.29) is 0 Å². The van der Waals surface area contributed by atoms with E-state index in [0.717, 1.165) is 0 Å². The number of nitrogens with one attached hydrogen (secondary N) is 1. The standard InChI is InChI=1S/C8H17NO/c1-6-4-5-8(9-3)7(2)10-6/h6-9H,4-5H2,1-3H3/t6?,7-,8+/m1/s1. The van der Waals surface area contributed by atoms with Crippen LogP contribution in [0.4, 0.5) is 0 Å². The van der Waals surface area contributed by atoms with Crippen molar-refractivity contribution in [3.8, 4) is 0 Å². The van der Waals surface area contributed by atoms with Crippen LogP contribution in [0.2, 0.25) is 0 Å². The molecule has 0 amide bonds. The van der Waals surface area contributed by atoms with Gasteiger partial charge in [0.05, 0.1) is 12.2 Å². The second kappa shape index (κ2) is 3.35. The number of ether oxygens (including phenoxy) is 1. The van der Waals surface area contributed by atoms with E-state index in [1.54, 1.807) is 0 Å². The van der Waals surface area contributed by atoms with Gasteiger partial charge in [0.1, 0.15) is 0 Å². The first kappa shape index (κ1) is 8.02. The second-order valence-corrected chi connectivity index (χ2v) is 3.12. The van der Waals surface area contributed by atoms with Gasteiger partial charge in [-0.05, 0) is 33.7 Å². The van der Waals surface area contributed by atoms with Crippen LogP contribution in [0.1, 0.15) is 26.7 Å². The van der Waals surface area contributed by atoms with Gasteiger partial charge >= 0.3 is 0 Å². The number of rotatable bonds is 1. The van der Waals surface area contributed by atoms with E-state index in [1.165, 1.54) is 12.8 Å². The van der Waals surface area contributed by atoms with Gasteiger partial charge < -0.3 is 10.1 Å². The van der Waals surface area contributed by atoms with E-state index in [2.05, 4.69) is 19.2 Å². The molecule has 1 aliphatic rings. The molecule has 1 unspecified atom stereocenters. The summed E-state index contributed by atoms with van der Waals surface area (Å²) in [5, 5.41) is 3.25. The van der Waals surface area contributed by atoms with E-state index in [0.29, 0.717) is 18.2 Å². The lowest BCUT2D eigenvalue weighted by atomic mass is 10.0. The quantitative estimate of drug-likeness (QED) is 0.594. The fourth-order valence-corrected chi connectivity index (χ4v) is 1.56. The molecule has 0 aromatic heterocycles. The minimum atomic E-state index is 0.383. The summed E-state index contributed by atoms with van der Waals surface area (Å²) in [4.78, 5) is 0. The van der Waals surface area contributed by atoms with Gasteiger partial charge in [0.15, 0.2) is 0 Å². The molecule has 2 heteroatoms. The molecule has 10 heavy (non-hydrogen) atoms. The van der Waals surface area contributed by atoms with Gasteiger partial charge in [-0.25, -0.2) is 0 Å². The van der Waals surface area contributed by atoms with Gasteiger partial charge in [-0.3, -0.25) is 0 Å². The smallest absolute Gasteiger partial charge is 0.0703 e. The van der Waals surface area contributed by atoms with Crippen LogP contribution in [0, 0.1) is 0 Å². The number of hydrogen-bond donors (Lipinski definition) is 1. The molecule has 1 N–H and O–H groups in total. The first-order valence-corrected chi connectivity index (χ1v) is 4.06. The van der Waals surface area contributed by atoms with Gasteiger partial charge in [0.25, 0.3) is 0 Å². The van der Waals surface area contributed by atoms with E-state index in [4.69, 9.17) is 4.74 Å². The van der Waals surface area contributed by atoms with Crippen LogP contribution in [-0.4, -0.2) is 25.3 Å². The molecule has 0 spiro atoms. The monoisotopic (exact) mass is 143 g/mol. The van der Waals surface area contributed by atoms with Gasteiger partial charge in [0, 0.05) is 6.04 Å². The Labute approximate surface area is 63.0 Å². The normalized spacial score (nSPS) is 41.7. The molecular weight excluding hydrogens is 126 g/mol. The van der Waals surface area contributed by atoms with Crippen molar-refractivity contribution < 1.29 is 4.74 Å². The molecule has 1 aliphatic heterocycles. The summed E-state index contributed by atoms with van der Waals surface area (Å²) >= 11 is 0. The number of hydrogen-bond acceptors (Lipinski definition) is 2. The molecule has 1 rings (SSSR count).